The van der Waals surface area contributed by atoms with Crippen LogP contribution < -0.4 is 0 Å². The first-order valence-electron chi connectivity index (χ1n) is 6.79. The van der Waals surface area contributed by atoms with Gasteiger partial charge in [0.1, 0.15) is 0 Å². The zero-order valence-electron chi connectivity index (χ0n) is 12.5. The van der Waals surface area contributed by atoms with Gasteiger partial charge in [0.15, 0.2) is 0 Å². The van der Waals surface area contributed by atoms with Crippen LogP contribution in [0.3, 0.4) is 0 Å². The number of amides is 2. The lowest BCUT2D eigenvalue weighted by molar-refractivity contribution is -0.135. The third kappa shape index (κ3) is 5.98. The fraction of sp³-hybridized carbons (Fsp3) is 0.833. The molecule has 0 atom stereocenters. The minimum atomic E-state index is -3.35. The number of hydrogen-bond donors (Lipinski definition) is 0. The number of rotatable bonds is 8. The van der Waals surface area contributed by atoms with E-state index in [1.165, 1.54) is 11.4 Å². The Labute approximate surface area is 125 Å². The van der Waals surface area contributed by atoms with Crippen molar-refractivity contribution in [2.45, 2.75) is 6.42 Å². The number of carbonyl (C=O) groups excluding carboxylic acids is 2. The van der Waals surface area contributed by atoms with Crippen molar-refractivity contribution in [2.24, 2.45) is 0 Å². The first-order chi connectivity index (χ1) is 9.88. The number of carbonyl (C=O) groups is 2. The van der Waals surface area contributed by atoms with Crippen LogP contribution in [0.4, 0.5) is 0 Å². The molecule has 0 saturated carbocycles. The number of sulfonamides is 1. The van der Waals surface area contributed by atoms with E-state index in [-0.39, 0.29) is 25.4 Å². The average molecular weight is 321 g/mol. The number of nitrogens with zero attached hydrogens (tertiary/aromatic N) is 3. The molecule has 122 valence electrons. The van der Waals surface area contributed by atoms with Gasteiger partial charge in [-0.15, -0.1) is 0 Å². The number of hydrogen-bond acceptors (Lipinski definition) is 5. The van der Waals surface area contributed by atoms with E-state index in [1.807, 2.05) is 0 Å². The van der Waals surface area contributed by atoms with Gasteiger partial charge >= 0.3 is 0 Å². The summed E-state index contributed by atoms with van der Waals surface area (Å²) < 4.78 is 29.3. The second-order valence-electron chi connectivity index (χ2n) is 4.93. The van der Waals surface area contributed by atoms with Gasteiger partial charge in [-0.05, 0) is 0 Å². The number of ether oxygens (including phenoxy) is 1. The zero-order valence-corrected chi connectivity index (χ0v) is 13.3. The monoisotopic (exact) mass is 321 g/mol. The van der Waals surface area contributed by atoms with Crippen molar-refractivity contribution < 1.29 is 22.7 Å². The van der Waals surface area contributed by atoms with Gasteiger partial charge in [-0.3, -0.25) is 9.59 Å². The Kier molecular flexibility index (Phi) is 7.06. The molecule has 8 nitrogen and oxygen atoms in total. The van der Waals surface area contributed by atoms with Crippen LogP contribution in [-0.2, 0) is 24.3 Å². The third-order valence-electron chi connectivity index (χ3n) is 3.40. The average Bonchev–Trinajstić information content (AvgIpc) is 2.45. The van der Waals surface area contributed by atoms with Crippen LogP contribution in [0.25, 0.3) is 0 Å². The van der Waals surface area contributed by atoms with E-state index >= 15 is 0 Å². The Morgan fingerprint density at radius 3 is 2.33 bits per heavy atom. The largest absolute Gasteiger partial charge is 0.383 e. The van der Waals surface area contributed by atoms with Crippen LogP contribution in [0.5, 0.6) is 0 Å². The van der Waals surface area contributed by atoms with Gasteiger partial charge in [-0.25, -0.2) is 8.42 Å². The fourth-order valence-electron chi connectivity index (χ4n) is 2.09. The first kappa shape index (κ1) is 17.9. The quantitative estimate of drug-likeness (QED) is 0.512. The van der Waals surface area contributed by atoms with E-state index in [0.29, 0.717) is 32.8 Å². The maximum atomic E-state index is 12.1. The summed E-state index contributed by atoms with van der Waals surface area (Å²) in [6, 6.07) is 0. The molecule has 2 amide bonds. The van der Waals surface area contributed by atoms with E-state index in [2.05, 4.69) is 0 Å². The minimum absolute atomic E-state index is 0.0911. The molecule has 1 aliphatic rings. The molecule has 9 heteroatoms. The summed E-state index contributed by atoms with van der Waals surface area (Å²) in [4.78, 5) is 25.9. The molecule has 0 radical (unpaired) electrons. The Bertz CT molecular complexity index is 446. The highest BCUT2D eigenvalue weighted by Crippen LogP contribution is 2.05. The molecule has 0 aromatic heterocycles. The molecule has 1 saturated heterocycles. The highest BCUT2D eigenvalue weighted by Gasteiger charge is 2.22. The smallest absolute Gasteiger partial charge is 0.224 e. The molecule has 1 aliphatic heterocycles. The molecule has 0 bridgehead atoms. The molecule has 1 rings (SSSR count). The van der Waals surface area contributed by atoms with E-state index < -0.39 is 10.0 Å². The van der Waals surface area contributed by atoms with Crippen molar-refractivity contribution in [3.63, 3.8) is 0 Å². The van der Waals surface area contributed by atoms with Crippen molar-refractivity contribution in [2.75, 3.05) is 59.2 Å². The van der Waals surface area contributed by atoms with Crippen LogP contribution in [0.1, 0.15) is 6.42 Å². The van der Waals surface area contributed by atoms with Crippen molar-refractivity contribution in [1.29, 1.82) is 0 Å². The molecule has 0 unspecified atom stereocenters. The van der Waals surface area contributed by atoms with Gasteiger partial charge in [0.25, 0.3) is 0 Å². The van der Waals surface area contributed by atoms with Crippen LogP contribution in [0.15, 0.2) is 0 Å². The molecule has 0 aromatic carbocycles. The van der Waals surface area contributed by atoms with Crippen LogP contribution in [-0.4, -0.2) is 94.1 Å². The van der Waals surface area contributed by atoms with Gasteiger partial charge in [0, 0.05) is 52.8 Å². The third-order valence-corrected chi connectivity index (χ3v) is 4.71. The van der Waals surface area contributed by atoms with Gasteiger partial charge in [-0.1, -0.05) is 0 Å². The van der Waals surface area contributed by atoms with Gasteiger partial charge < -0.3 is 14.5 Å². The first-order valence-corrected chi connectivity index (χ1v) is 8.64. The van der Waals surface area contributed by atoms with Gasteiger partial charge in [0.2, 0.25) is 22.3 Å². The Balaban J connectivity index is 2.44. The lowest BCUT2D eigenvalue weighted by Crippen LogP contribution is -2.48. The zero-order chi connectivity index (χ0) is 15.9. The summed E-state index contributed by atoms with van der Waals surface area (Å²) in [6.45, 7) is 2.71. The second-order valence-corrected chi connectivity index (χ2v) is 6.91. The topological polar surface area (TPSA) is 87.2 Å². The van der Waals surface area contributed by atoms with E-state index in [9.17, 15) is 18.0 Å². The lowest BCUT2D eigenvalue weighted by atomic mass is 10.3. The molecule has 1 fully saturated rings. The number of methoxy groups -OCH3 is 1. The molecule has 0 aromatic rings. The maximum absolute atomic E-state index is 12.1. The molecule has 0 spiro atoms. The normalized spacial score (nSPS) is 16.3. The summed E-state index contributed by atoms with van der Waals surface area (Å²) in [5.41, 5.74) is 0. The van der Waals surface area contributed by atoms with Crippen LogP contribution in [0, 0.1) is 0 Å². The Hall–Kier alpha value is -1.19. The van der Waals surface area contributed by atoms with Crippen molar-refractivity contribution in [3.8, 4) is 0 Å². The fourth-order valence-corrected chi connectivity index (χ4v) is 2.92. The molecule has 1 heterocycles. The molecule has 21 heavy (non-hydrogen) atoms. The van der Waals surface area contributed by atoms with Crippen molar-refractivity contribution in [3.05, 3.63) is 0 Å². The summed E-state index contributed by atoms with van der Waals surface area (Å²) in [6.07, 6.45) is 2.03. The maximum Gasteiger partial charge on any atom is 0.224 e. The molecular weight excluding hydrogens is 298 g/mol. The van der Waals surface area contributed by atoms with E-state index in [1.54, 1.807) is 9.80 Å². The summed E-state index contributed by atoms with van der Waals surface area (Å²) in [5.74, 6) is -0.0911. The van der Waals surface area contributed by atoms with Crippen LogP contribution >= 0.6 is 0 Å². The highest BCUT2D eigenvalue weighted by molar-refractivity contribution is 7.88. The van der Waals surface area contributed by atoms with Gasteiger partial charge in [0.05, 0.1) is 12.9 Å². The highest BCUT2D eigenvalue weighted by atomic mass is 32.2. The van der Waals surface area contributed by atoms with E-state index in [0.717, 1.165) is 12.7 Å². The Morgan fingerprint density at radius 2 is 1.86 bits per heavy atom. The summed E-state index contributed by atoms with van der Waals surface area (Å²) in [7, 11) is -1.85. The van der Waals surface area contributed by atoms with Gasteiger partial charge in [-0.2, -0.15) is 4.31 Å². The van der Waals surface area contributed by atoms with Crippen LogP contribution in [0.2, 0.25) is 0 Å². The van der Waals surface area contributed by atoms with E-state index in [4.69, 9.17) is 4.74 Å². The SMILES string of the molecule is COCCN(CCC(=O)N1CCN(C=O)CC1)S(C)(=O)=O. The second kappa shape index (κ2) is 8.30. The standard InChI is InChI=1S/C12H23N3O5S/c1-20-10-9-15(21(2,18)19)4-3-12(17)14-7-5-13(11-16)6-8-14/h11H,3-10H2,1-2H3. The molecular formula is C12H23N3O5S. The van der Waals surface area contributed by atoms with Crippen molar-refractivity contribution >= 4 is 22.3 Å². The predicted octanol–water partition coefficient (Wildman–Crippen LogP) is -1.41. The van der Waals surface area contributed by atoms with Crippen molar-refractivity contribution in [1.82, 2.24) is 14.1 Å². The Morgan fingerprint density at radius 1 is 1.24 bits per heavy atom. The summed E-state index contributed by atoms with van der Waals surface area (Å²) >= 11 is 0. The minimum Gasteiger partial charge on any atom is -0.383 e. The molecule has 0 N–H and O–H groups in total. The number of piperazine rings is 1. The summed E-state index contributed by atoms with van der Waals surface area (Å²) in [5, 5.41) is 0. The lowest BCUT2D eigenvalue weighted by Gasteiger charge is -2.33. The predicted molar refractivity (Wildman–Crippen MR) is 77.1 cm³/mol. The molecule has 0 aliphatic carbocycles.